The Hall–Kier alpha value is -1.13. The molecule has 0 saturated heterocycles. The Morgan fingerprint density at radius 1 is 1.28 bits per heavy atom. The Balaban J connectivity index is 2.31. The monoisotopic (exact) mass is 267 g/mol. The van der Waals surface area contributed by atoms with Crippen molar-refractivity contribution < 1.29 is 9.47 Å². The number of nitrogens with two attached hydrogens (primary N) is 1. The van der Waals surface area contributed by atoms with E-state index in [-0.39, 0.29) is 5.41 Å². The van der Waals surface area contributed by atoms with E-state index in [9.17, 15) is 0 Å². The Morgan fingerprint density at radius 2 is 1.89 bits per heavy atom. The molecule has 0 radical (unpaired) electrons. The number of methoxy groups -OCH3 is 1. The number of benzene rings is 1. The third kappa shape index (κ3) is 4.63. The Labute approximate surface area is 114 Å². The fourth-order valence-electron chi connectivity index (χ4n) is 1.36. The van der Waals surface area contributed by atoms with Crippen molar-refractivity contribution in [2.45, 2.75) is 26.9 Å². The lowest BCUT2D eigenvalue weighted by Gasteiger charge is -2.22. The van der Waals surface area contributed by atoms with Crippen LogP contribution >= 0.6 is 12.2 Å². The summed E-state index contributed by atoms with van der Waals surface area (Å²) < 4.78 is 10.7. The zero-order valence-electron chi connectivity index (χ0n) is 11.2. The van der Waals surface area contributed by atoms with Crippen molar-refractivity contribution in [2.75, 3.05) is 13.7 Å². The van der Waals surface area contributed by atoms with Gasteiger partial charge in [-0.1, -0.05) is 38.2 Å². The third-order valence-electron chi connectivity index (χ3n) is 2.97. The van der Waals surface area contributed by atoms with E-state index in [1.54, 1.807) is 7.11 Å². The van der Waals surface area contributed by atoms with E-state index >= 15 is 0 Å². The van der Waals surface area contributed by atoms with Crippen LogP contribution in [0.1, 0.15) is 25.8 Å². The minimum Gasteiger partial charge on any atom is -0.497 e. The molecule has 3 nitrogen and oxygen atoms in total. The van der Waals surface area contributed by atoms with Crippen LogP contribution < -0.4 is 10.5 Å². The zero-order valence-corrected chi connectivity index (χ0v) is 12.0. The summed E-state index contributed by atoms with van der Waals surface area (Å²) in [6.45, 7) is 5.31. The van der Waals surface area contributed by atoms with Crippen LogP contribution in [0.4, 0.5) is 0 Å². The number of rotatable bonds is 7. The minimum atomic E-state index is -0.144. The fourth-order valence-corrected chi connectivity index (χ4v) is 1.46. The van der Waals surface area contributed by atoms with Gasteiger partial charge in [0.1, 0.15) is 5.75 Å². The third-order valence-corrected chi connectivity index (χ3v) is 3.52. The van der Waals surface area contributed by atoms with Crippen molar-refractivity contribution in [2.24, 2.45) is 11.1 Å². The smallest absolute Gasteiger partial charge is 0.118 e. The predicted octanol–water partition coefficient (Wildman–Crippen LogP) is 2.91. The average molecular weight is 267 g/mol. The van der Waals surface area contributed by atoms with Gasteiger partial charge in [-0.05, 0) is 24.1 Å². The van der Waals surface area contributed by atoms with Crippen LogP contribution in [0, 0.1) is 5.41 Å². The van der Waals surface area contributed by atoms with Crippen LogP contribution in [-0.4, -0.2) is 18.7 Å². The van der Waals surface area contributed by atoms with Gasteiger partial charge in [-0.15, -0.1) is 0 Å². The molecule has 0 heterocycles. The predicted molar refractivity (Wildman–Crippen MR) is 77.8 cm³/mol. The first kappa shape index (κ1) is 14.9. The normalized spacial score (nSPS) is 11.3. The topological polar surface area (TPSA) is 44.5 Å². The molecule has 0 aliphatic carbocycles. The second-order valence-corrected chi connectivity index (χ2v) is 5.34. The maximum absolute atomic E-state index is 5.66. The van der Waals surface area contributed by atoms with E-state index < -0.39 is 0 Å². The molecular weight excluding hydrogens is 246 g/mol. The molecule has 4 heteroatoms. The molecule has 100 valence electrons. The maximum atomic E-state index is 5.66. The van der Waals surface area contributed by atoms with Crippen molar-refractivity contribution in [3.63, 3.8) is 0 Å². The highest BCUT2D eigenvalue weighted by molar-refractivity contribution is 7.80. The SMILES string of the molecule is COc1ccc(COCCC(C)(C)C(N)=S)cc1. The van der Waals surface area contributed by atoms with E-state index in [2.05, 4.69) is 0 Å². The van der Waals surface area contributed by atoms with Crippen LogP contribution in [0.2, 0.25) is 0 Å². The summed E-state index contributed by atoms with van der Waals surface area (Å²) in [7, 11) is 1.66. The van der Waals surface area contributed by atoms with Gasteiger partial charge in [0.25, 0.3) is 0 Å². The summed E-state index contributed by atoms with van der Waals surface area (Å²) in [6, 6.07) is 7.85. The van der Waals surface area contributed by atoms with Crippen molar-refractivity contribution >= 4 is 17.2 Å². The molecule has 0 fully saturated rings. The van der Waals surface area contributed by atoms with Gasteiger partial charge in [-0.3, -0.25) is 0 Å². The quantitative estimate of drug-likeness (QED) is 0.609. The molecule has 18 heavy (non-hydrogen) atoms. The average Bonchev–Trinajstić information content (AvgIpc) is 2.35. The molecule has 0 spiro atoms. The second-order valence-electron chi connectivity index (χ2n) is 4.90. The molecular formula is C14H21NO2S. The lowest BCUT2D eigenvalue weighted by atomic mass is 9.90. The molecule has 0 saturated carbocycles. The highest BCUT2D eigenvalue weighted by atomic mass is 32.1. The molecule has 1 aromatic carbocycles. The number of hydrogen-bond acceptors (Lipinski definition) is 3. The first-order valence-electron chi connectivity index (χ1n) is 5.96. The van der Waals surface area contributed by atoms with Gasteiger partial charge in [-0.25, -0.2) is 0 Å². The Kier molecular flexibility index (Phi) is 5.56. The molecule has 0 aliphatic rings. The summed E-state index contributed by atoms with van der Waals surface area (Å²) in [5.41, 5.74) is 6.64. The first-order chi connectivity index (χ1) is 8.45. The summed E-state index contributed by atoms with van der Waals surface area (Å²) in [5, 5.41) is 0. The van der Waals surface area contributed by atoms with Crippen LogP contribution in [0.25, 0.3) is 0 Å². The van der Waals surface area contributed by atoms with E-state index in [1.165, 1.54) is 0 Å². The van der Waals surface area contributed by atoms with Gasteiger partial charge in [0.15, 0.2) is 0 Å². The van der Waals surface area contributed by atoms with Crippen molar-refractivity contribution in [1.29, 1.82) is 0 Å². The molecule has 0 atom stereocenters. The number of ether oxygens (including phenoxy) is 2. The minimum absolute atomic E-state index is 0.144. The van der Waals surface area contributed by atoms with Gasteiger partial charge in [0.2, 0.25) is 0 Å². The molecule has 0 aliphatic heterocycles. The van der Waals surface area contributed by atoms with Crippen molar-refractivity contribution in [3.8, 4) is 5.75 Å². The molecule has 0 aromatic heterocycles. The maximum Gasteiger partial charge on any atom is 0.118 e. The van der Waals surface area contributed by atoms with Gasteiger partial charge < -0.3 is 15.2 Å². The number of thiocarbonyl (C=S) groups is 1. The van der Waals surface area contributed by atoms with Gasteiger partial charge in [-0.2, -0.15) is 0 Å². The van der Waals surface area contributed by atoms with Crippen LogP contribution in [-0.2, 0) is 11.3 Å². The van der Waals surface area contributed by atoms with E-state index in [1.807, 2.05) is 38.1 Å². The summed E-state index contributed by atoms with van der Waals surface area (Å²) in [6.07, 6.45) is 0.832. The lowest BCUT2D eigenvalue weighted by molar-refractivity contribution is 0.104. The largest absolute Gasteiger partial charge is 0.497 e. The van der Waals surface area contributed by atoms with E-state index in [4.69, 9.17) is 27.4 Å². The Morgan fingerprint density at radius 3 is 2.39 bits per heavy atom. The highest BCUT2D eigenvalue weighted by Gasteiger charge is 2.20. The first-order valence-corrected chi connectivity index (χ1v) is 6.37. The standard InChI is InChI=1S/C14H21NO2S/c1-14(2,13(15)18)8-9-17-10-11-4-6-12(16-3)7-5-11/h4-7H,8-10H2,1-3H3,(H2,15,18). The zero-order chi connectivity index (χ0) is 13.6. The molecule has 0 amide bonds. The van der Waals surface area contributed by atoms with Crippen LogP contribution in [0.5, 0.6) is 5.75 Å². The highest BCUT2D eigenvalue weighted by Crippen LogP contribution is 2.20. The fraction of sp³-hybridized carbons (Fsp3) is 0.500. The van der Waals surface area contributed by atoms with E-state index in [0.29, 0.717) is 18.2 Å². The molecule has 1 rings (SSSR count). The van der Waals surface area contributed by atoms with Gasteiger partial charge >= 0.3 is 0 Å². The summed E-state index contributed by atoms with van der Waals surface area (Å²) in [4.78, 5) is 0.538. The lowest BCUT2D eigenvalue weighted by Crippen LogP contribution is -2.30. The summed E-state index contributed by atoms with van der Waals surface area (Å²) >= 11 is 5.01. The van der Waals surface area contributed by atoms with Crippen LogP contribution in [0.15, 0.2) is 24.3 Å². The summed E-state index contributed by atoms with van der Waals surface area (Å²) in [5.74, 6) is 0.855. The molecule has 0 unspecified atom stereocenters. The number of hydrogen-bond donors (Lipinski definition) is 1. The van der Waals surface area contributed by atoms with Gasteiger partial charge in [0, 0.05) is 12.0 Å². The Bertz CT molecular complexity index is 387. The van der Waals surface area contributed by atoms with Crippen LogP contribution in [0.3, 0.4) is 0 Å². The molecule has 1 aromatic rings. The van der Waals surface area contributed by atoms with Crippen molar-refractivity contribution in [1.82, 2.24) is 0 Å². The van der Waals surface area contributed by atoms with Gasteiger partial charge in [0.05, 0.1) is 18.7 Å². The van der Waals surface area contributed by atoms with Crippen molar-refractivity contribution in [3.05, 3.63) is 29.8 Å². The second kappa shape index (κ2) is 6.71. The van der Waals surface area contributed by atoms with E-state index in [0.717, 1.165) is 17.7 Å². The molecule has 2 N–H and O–H groups in total. The molecule has 0 bridgehead atoms.